The first kappa shape index (κ1) is 97.1. The van der Waals surface area contributed by atoms with Crippen LogP contribution in [0.4, 0.5) is 0 Å². The number of ether oxygens (including phenoxy) is 4. The van der Waals surface area contributed by atoms with Crippen LogP contribution in [0.3, 0.4) is 0 Å². The van der Waals surface area contributed by atoms with Crippen LogP contribution in [0, 0.1) is 11.8 Å². The Hall–Kier alpha value is -1.94. The number of unbranched alkanes of at least 4 members (excludes halogenated alkanes) is 49. The van der Waals surface area contributed by atoms with Gasteiger partial charge in [0.15, 0.2) is 12.2 Å². The maximum absolute atomic E-state index is 13.1. The van der Waals surface area contributed by atoms with Crippen LogP contribution >= 0.6 is 15.6 Å². The first-order valence-electron chi connectivity index (χ1n) is 41.5. The molecule has 0 aromatic carbocycles. The van der Waals surface area contributed by atoms with Crippen LogP contribution in [0.1, 0.15) is 420 Å². The third-order valence-corrected chi connectivity index (χ3v) is 20.6. The number of carbonyl (C=O) groups is 4. The molecule has 0 aliphatic rings. The Balaban J connectivity index is 5.26. The standard InChI is InChI=1S/C80H156O17P2/c1-7-9-11-13-15-17-19-20-21-27-34-40-46-52-58-64-79(84)96-75(68-90-77(82)62-56-50-44-38-30-18-16-14-12-10-8-2)70-94-98(86,87)92-66-74(81)67-93-99(88,89)95-71-76(69-91-78(83)63-57-51-45-39-33-29-24-26-32-37-43-49-55-61-73(5)6)97-80(85)65-59-53-47-41-35-28-23-22-25-31-36-42-48-54-60-72(3)4/h72-76,81H,7-71H2,1-6H3,(H,86,87)(H,88,89)/t74-,75+,76+/m0/s1. The average molecular weight is 1450 g/mol. The number of esters is 4. The van der Waals surface area contributed by atoms with Crippen molar-refractivity contribution >= 4 is 39.5 Å². The van der Waals surface area contributed by atoms with Gasteiger partial charge in [0, 0.05) is 25.7 Å². The fourth-order valence-electron chi connectivity index (χ4n) is 12.4. The summed E-state index contributed by atoms with van der Waals surface area (Å²) < 4.78 is 68.7. The number of aliphatic hydroxyl groups excluding tert-OH is 1. The topological polar surface area (TPSA) is 237 Å². The first-order chi connectivity index (χ1) is 47.9. The highest BCUT2D eigenvalue weighted by molar-refractivity contribution is 7.47. The van der Waals surface area contributed by atoms with Gasteiger partial charge in [0.1, 0.15) is 19.3 Å². The van der Waals surface area contributed by atoms with Gasteiger partial charge in [-0.2, -0.15) is 0 Å². The fourth-order valence-corrected chi connectivity index (χ4v) is 13.9. The van der Waals surface area contributed by atoms with Gasteiger partial charge < -0.3 is 33.8 Å². The van der Waals surface area contributed by atoms with Gasteiger partial charge in [-0.25, -0.2) is 9.13 Å². The molecule has 0 aliphatic heterocycles. The number of rotatable bonds is 79. The third kappa shape index (κ3) is 74.1. The summed E-state index contributed by atoms with van der Waals surface area (Å²) in [6.07, 6.45) is 60.8. The van der Waals surface area contributed by atoms with E-state index in [9.17, 15) is 43.2 Å². The lowest BCUT2D eigenvalue weighted by molar-refractivity contribution is -0.161. The van der Waals surface area contributed by atoms with Gasteiger partial charge in [-0.1, -0.05) is 369 Å². The zero-order chi connectivity index (χ0) is 72.8. The molecule has 17 nitrogen and oxygen atoms in total. The molecule has 0 fully saturated rings. The first-order valence-corrected chi connectivity index (χ1v) is 44.5. The Morgan fingerprint density at radius 2 is 0.465 bits per heavy atom. The van der Waals surface area contributed by atoms with Crippen LogP contribution in [0.25, 0.3) is 0 Å². The van der Waals surface area contributed by atoms with Gasteiger partial charge in [0.2, 0.25) is 0 Å². The predicted octanol–water partition coefficient (Wildman–Crippen LogP) is 23.9. The van der Waals surface area contributed by atoms with Gasteiger partial charge >= 0.3 is 39.5 Å². The van der Waals surface area contributed by atoms with Crippen molar-refractivity contribution in [2.75, 3.05) is 39.6 Å². The summed E-state index contributed by atoms with van der Waals surface area (Å²) in [6, 6.07) is 0. The molecule has 19 heteroatoms. The van der Waals surface area contributed by atoms with E-state index in [0.29, 0.717) is 25.7 Å². The second-order valence-corrected chi connectivity index (χ2v) is 32.7. The molecule has 3 N–H and O–H groups in total. The molecule has 0 aromatic heterocycles. The van der Waals surface area contributed by atoms with Crippen molar-refractivity contribution in [1.29, 1.82) is 0 Å². The Labute approximate surface area is 607 Å². The van der Waals surface area contributed by atoms with E-state index in [2.05, 4.69) is 41.5 Å². The summed E-state index contributed by atoms with van der Waals surface area (Å²) in [4.78, 5) is 73.0. The van der Waals surface area contributed by atoms with Crippen molar-refractivity contribution < 1.29 is 80.2 Å². The average Bonchev–Trinajstić information content (AvgIpc) is 0.976. The molecule has 5 atom stereocenters. The maximum Gasteiger partial charge on any atom is 0.472 e. The molecule has 2 unspecified atom stereocenters. The normalized spacial score (nSPS) is 13.9. The Morgan fingerprint density at radius 3 is 0.687 bits per heavy atom. The zero-order valence-corrected chi connectivity index (χ0v) is 66.6. The number of carbonyl (C=O) groups excluding carboxylic acids is 4. The van der Waals surface area contributed by atoms with Crippen molar-refractivity contribution in [2.24, 2.45) is 11.8 Å². The lowest BCUT2D eigenvalue weighted by Gasteiger charge is -2.21. The van der Waals surface area contributed by atoms with E-state index in [4.69, 9.17) is 37.0 Å². The molecule has 0 aliphatic carbocycles. The summed E-state index contributed by atoms with van der Waals surface area (Å²) >= 11 is 0. The second-order valence-electron chi connectivity index (χ2n) is 29.8. The highest BCUT2D eigenvalue weighted by Gasteiger charge is 2.30. The second kappa shape index (κ2) is 71.7. The number of phosphoric ester groups is 2. The monoisotopic (exact) mass is 1450 g/mol. The lowest BCUT2D eigenvalue weighted by atomic mass is 10.0. The number of aliphatic hydroxyl groups is 1. The Kier molecular flexibility index (Phi) is 70.3. The number of hydrogen-bond donors (Lipinski definition) is 3. The highest BCUT2D eigenvalue weighted by atomic mass is 31.2. The highest BCUT2D eigenvalue weighted by Crippen LogP contribution is 2.45. The van der Waals surface area contributed by atoms with E-state index in [1.807, 2.05) is 0 Å². The van der Waals surface area contributed by atoms with Crippen LogP contribution in [0.5, 0.6) is 0 Å². The van der Waals surface area contributed by atoms with Crippen molar-refractivity contribution in [3.63, 3.8) is 0 Å². The largest absolute Gasteiger partial charge is 0.472 e. The van der Waals surface area contributed by atoms with Gasteiger partial charge in [-0.05, 0) is 37.5 Å². The van der Waals surface area contributed by atoms with Gasteiger partial charge in [0.25, 0.3) is 0 Å². The van der Waals surface area contributed by atoms with E-state index in [1.54, 1.807) is 0 Å². The summed E-state index contributed by atoms with van der Waals surface area (Å²) in [6.45, 7) is 9.67. The van der Waals surface area contributed by atoms with Crippen molar-refractivity contribution in [3.8, 4) is 0 Å². The predicted molar refractivity (Wildman–Crippen MR) is 405 cm³/mol. The molecular weight excluding hydrogens is 1290 g/mol. The van der Waals surface area contributed by atoms with Gasteiger partial charge in [-0.15, -0.1) is 0 Å². The van der Waals surface area contributed by atoms with Gasteiger partial charge in [-0.3, -0.25) is 37.3 Å². The molecule has 0 rings (SSSR count). The molecular formula is C80H156O17P2. The van der Waals surface area contributed by atoms with Crippen molar-refractivity contribution in [3.05, 3.63) is 0 Å². The summed E-state index contributed by atoms with van der Waals surface area (Å²) in [5.41, 5.74) is 0. The molecule has 0 heterocycles. The van der Waals surface area contributed by atoms with Crippen LogP contribution in [-0.2, 0) is 65.4 Å². The molecule has 0 radical (unpaired) electrons. The number of phosphoric acid groups is 2. The lowest BCUT2D eigenvalue weighted by Crippen LogP contribution is -2.30. The maximum atomic E-state index is 13.1. The number of hydrogen-bond acceptors (Lipinski definition) is 15. The molecule has 0 spiro atoms. The summed E-state index contributed by atoms with van der Waals surface area (Å²) in [7, 11) is -9.92. The zero-order valence-electron chi connectivity index (χ0n) is 64.8. The van der Waals surface area contributed by atoms with Crippen LogP contribution in [0.2, 0.25) is 0 Å². The van der Waals surface area contributed by atoms with Crippen LogP contribution in [-0.4, -0.2) is 96.7 Å². The molecule has 0 saturated carbocycles. The SMILES string of the molecule is CCCCCCCCCCCCCCCCCC(=O)O[C@H](COC(=O)CCCCCCCCCCCCC)COP(=O)(O)OC[C@H](O)COP(=O)(O)OC[C@@H](COC(=O)CCCCCCCCCCCCCCCC(C)C)OC(=O)CCCCCCCCCCCCCCCCC(C)C. The van der Waals surface area contributed by atoms with E-state index < -0.39 is 97.5 Å². The molecule has 0 saturated heterocycles. The molecule has 588 valence electrons. The van der Waals surface area contributed by atoms with Crippen molar-refractivity contribution in [1.82, 2.24) is 0 Å². The van der Waals surface area contributed by atoms with E-state index in [1.165, 1.54) is 238 Å². The van der Waals surface area contributed by atoms with Crippen molar-refractivity contribution in [2.45, 2.75) is 439 Å². The minimum absolute atomic E-state index is 0.108. The smallest absolute Gasteiger partial charge is 0.462 e. The van der Waals surface area contributed by atoms with Crippen LogP contribution in [0.15, 0.2) is 0 Å². The molecule has 0 bridgehead atoms. The minimum Gasteiger partial charge on any atom is -0.462 e. The quantitative estimate of drug-likeness (QED) is 0.0222. The molecule has 0 aromatic rings. The Morgan fingerprint density at radius 1 is 0.273 bits per heavy atom. The van der Waals surface area contributed by atoms with E-state index >= 15 is 0 Å². The summed E-state index contributed by atoms with van der Waals surface area (Å²) in [5.74, 6) is -0.521. The van der Waals surface area contributed by atoms with Crippen LogP contribution < -0.4 is 0 Å². The fraction of sp³-hybridized carbons (Fsp3) is 0.950. The van der Waals surface area contributed by atoms with E-state index in [0.717, 1.165) is 102 Å². The molecule has 0 amide bonds. The molecule has 99 heavy (non-hydrogen) atoms. The third-order valence-electron chi connectivity index (χ3n) is 18.7. The Bertz CT molecular complexity index is 1910. The minimum atomic E-state index is -4.96. The summed E-state index contributed by atoms with van der Waals surface area (Å²) in [5, 5.41) is 10.6. The van der Waals surface area contributed by atoms with E-state index in [-0.39, 0.29) is 25.7 Å². The van der Waals surface area contributed by atoms with Gasteiger partial charge in [0.05, 0.1) is 26.4 Å².